The van der Waals surface area contributed by atoms with Gasteiger partial charge in [-0.3, -0.25) is 15.4 Å². The van der Waals surface area contributed by atoms with Crippen LogP contribution in [0.2, 0.25) is 18.1 Å². The summed E-state index contributed by atoms with van der Waals surface area (Å²) in [6, 6.07) is 13.6. The Bertz CT molecular complexity index is 863. The maximum Gasteiger partial charge on any atom is 0.411 e. The van der Waals surface area contributed by atoms with Crippen LogP contribution in [0.5, 0.6) is 0 Å². The summed E-state index contributed by atoms with van der Waals surface area (Å²) in [6.07, 6.45) is -0.628. The van der Waals surface area contributed by atoms with Crippen LogP contribution in [0.3, 0.4) is 0 Å². The third kappa shape index (κ3) is 6.40. The number of amides is 1. The second kappa shape index (κ2) is 9.19. The van der Waals surface area contributed by atoms with Crippen LogP contribution in [0.4, 0.5) is 16.2 Å². The van der Waals surface area contributed by atoms with Crippen molar-refractivity contribution in [3.63, 3.8) is 0 Å². The number of nitro groups is 1. The number of carbonyl (C=O) groups is 1. The maximum absolute atomic E-state index is 12.2. The first-order chi connectivity index (χ1) is 13.5. The van der Waals surface area contributed by atoms with Crippen molar-refractivity contribution in [3.05, 3.63) is 69.8 Å². The molecule has 0 aliphatic heterocycles. The summed E-state index contributed by atoms with van der Waals surface area (Å²) in [6.45, 7) is 10.9. The molecule has 0 radical (unpaired) electrons. The number of ether oxygens (including phenoxy) is 1. The van der Waals surface area contributed by atoms with Crippen molar-refractivity contribution in [3.8, 4) is 0 Å². The number of nitrogens with one attached hydrogen (secondary N) is 1. The van der Waals surface area contributed by atoms with Crippen LogP contribution in [-0.2, 0) is 22.4 Å². The Morgan fingerprint density at radius 3 is 2.34 bits per heavy atom. The highest BCUT2D eigenvalue weighted by atomic mass is 28.4. The summed E-state index contributed by atoms with van der Waals surface area (Å²) >= 11 is 0. The minimum absolute atomic E-state index is 0.00405. The van der Waals surface area contributed by atoms with E-state index in [1.807, 2.05) is 30.3 Å². The largest absolute Gasteiger partial charge is 0.444 e. The molecule has 7 nitrogen and oxygen atoms in total. The van der Waals surface area contributed by atoms with Crippen molar-refractivity contribution < 1.29 is 18.9 Å². The summed E-state index contributed by atoms with van der Waals surface area (Å²) in [4.78, 5) is 22.9. The lowest BCUT2D eigenvalue weighted by Gasteiger charge is -2.36. The Labute approximate surface area is 172 Å². The predicted molar refractivity (Wildman–Crippen MR) is 115 cm³/mol. The minimum Gasteiger partial charge on any atom is -0.444 e. The topological polar surface area (TPSA) is 90.7 Å². The van der Waals surface area contributed by atoms with Gasteiger partial charge in [-0.05, 0) is 29.8 Å². The first-order valence-electron chi connectivity index (χ1n) is 9.38. The molecule has 29 heavy (non-hydrogen) atoms. The van der Waals surface area contributed by atoms with Gasteiger partial charge in [0.05, 0.1) is 11.5 Å². The van der Waals surface area contributed by atoms with Gasteiger partial charge in [-0.25, -0.2) is 4.79 Å². The zero-order chi connectivity index (χ0) is 21.7. The van der Waals surface area contributed by atoms with Crippen molar-refractivity contribution in [1.29, 1.82) is 0 Å². The van der Waals surface area contributed by atoms with E-state index in [4.69, 9.17) is 9.16 Å². The first-order valence-corrected chi connectivity index (χ1v) is 12.3. The van der Waals surface area contributed by atoms with Gasteiger partial charge in [-0.1, -0.05) is 51.1 Å². The molecule has 2 aromatic rings. The highest BCUT2D eigenvalue weighted by Gasteiger charge is 2.37. The lowest BCUT2D eigenvalue weighted by Crippen LogP contribution is -2.40. The maximum atomic E-state index is 12.2. The standard InChI is InChI=1S/C21H28N2O5Si/c1-21(2,3)29(4,5)28-15-17-13-18(23(25)26)11-12-19(17)22-20(24)27-14-16-9-7-6-8-10-16/h6-13H,14-15H2,1-5H3,(H,22,24). The van der Waals surface area contributed by atoms with Crippen LogP contribution in [0.1, 0.15) is 31.9 Å². The number of nitro benzene ring substituents is 1. The second-order valence-corrected chi connectivity index (χ2v) is 13.1. The number of hydrogen-bond acceptors (Lipinski definition) is 5. The molecule has 2 aromatic carbocycles. The third-order valence-electron chi connectivity index (χ3n) is 5.14. The van der Waals surface area contributed by atoms with E-state index in [0.717, 1.165) is 5.56 Å². The fourth-order valence-corrected chi connectivity index (χ4v) is 3.23. The van der Waals surface area contributed by atoms with Crippen LogP contribution >= 0.6 is 0 Å². The number of non-ortho nitro benzene ring substituents is 1. The lowest BCUT2D eigenvalue weighted by molar-refractivity contribution is -0.384. The summed E-state index contributed by atoms with van der Waals surface area (Å²) in [5.41, 5.74) is 1.79. The fourth-order valence-electron chi connectivity index (χ4n) is 2.28. The first kappa shape index (κ1) is 22.6. The van der Waals surface area contributed by atoms with Crippen LogP contribution in [0.15, 0.2) is 48.5 Å². The van der Waals surface area contributed by atoms with Gasteiger partial charge in [0.15, 0.2) is 8.32 Å². The molecule has 0 aromatic heterocycles. The monoisotopic (exact) mass is 416 g/mol. The quantitative estimate of drug-likeness (QED) is 0.346. The Hall–Kier alpha value is -2.71. The third-order valence-corrected chi connectivity index (χ3v) is 9.62. The molecule has 0 unspecified atom stereocenters. The molecule has 8 heteroatoms. The van der Waals surface area contributed by atoms with E-state index < -0.39 is 19.3 Å². The van der Waals surface area contributed by atoms with Crippen molar-refractivity contribution in [2.45, 2.75) is 52.1 Å². The predicted octanol–water partition coefficient (Wildman–Crippen LogP) is 5.87. The molecule has 156 valence electrons. The smallest absolute Gasteiger partial charge is 0.411 e. The highest BCUT2D eigenvalue weighted by Crippen LogP contribution is 2.37. The zero-order valence-corrected chi connectivity index (χ0v) is 18.5. The molecular formula is C21H28N2O5Si. The van der Waals surface area contributed by atoms with Gasteiger partial charge in [0, 0.05) is 23.4 Å². The van der Waals surface area contributed by atoms with E-state index in [1.54, 1.807) is 0 Å². The molecular weight excluding hydrogens is 388 g/mol. The number of benzene rings is 2. The average molecular weight is 417 g/mol. The van der Waals surface area contributed by atoms with E-state index in [-0.39, 0.29) is 23.9 Å². The lowest BCUT2D eigenvalue weighted by atomic mass is 10.1. The van der Waals surface area contributed by atoms with Gasteiger partial charge in [0.25, 0.3) is 5.69 Å². The molecule has 0 saturated carbocycles. The molecule has 0 fully saturated rings. The highest BCUT2D eigenvalue weighted by molar-refractivity contribution is 6.74. The fraction of sp³-hybridized carbons (Fsp3) is 0.381. The molecule has 0 heterocycles. The summed E-state index contributed by atoms with van der Waals surface area (Å²) < 4.78 is 11.4. The second-order valence-electron chi connectivity index (χ2n) is 8.33. The summed E-state index contributed by atoms with van der Waals surface area (Å²) in [7, 11) is -2.07. The number of hydrogen-bond donors (Lipinski definition) is 1. The van der Waals surface area contributed by atoms with Gasteiger partial charge in [-0.2, -0.15) is 0 Å². The Kier molecular flexibility index (Phi) is 7.15. The SMILES string of the molecule is CC(C)(C)[Si](C)(C)OCc1cc([N+](=O)[O-])ccc1NC(=O)OCc1ccccc1. The van der Waals surface area contributed by atoms with Crippen molar-refractivity contribution in [1.82, 2.24) is 0 Å². The normalized spacial score (nSPS) is 11.8. The van der Waals surface area contributed by atoms with Crippen LogP contribution < -0.4 is 5.32 Å². The van der Waals surface area contributed by atoms with Gasteiger partial charge in [0.2, 0.25) is 0 Å². The molecule has 1 amide bonds. The van der Waals surface area contributed by atoms with E-state index in [1.165, 1.54) is 18.2 Å². The Morgan fingerprint density at radius 1 is 1.10 bits per heavy atom. The molecule has 0 bridgehead atoms. The van der Waals surface area contributed by atoms with Gasteiger partial charge < -0.3 is 9.16 Å². The number of anilines is 1. The number of nitrogens with zero attached hydrogens (tertiary/aromatic N) is 1. The Balaban J connectivity index is 2.13. The average Bonchev–Trinajstić information content (AvgIpc) is 2.65. The zero-order valence-electron chi connectivity index (χ0n) is 17.5. The van der Waals surface area contributed by atoms with Crippen molar-refractivity contribution in [2.75, 3.05) is 5.32 Å². The van der Waals surface area contributed by atoms with Gasteiger partial charge >= 0.3 is 6.09 Å². The Morgan fingerprint density at radius 2 is 1.76 bits per heavy atom. The van der Waals surface area contributed by atoms with Gasteiger partial charge in [0.1, 0.15) is 6.61 Å². The van der Waals surface area contributed by atoms with E-state index in [2.05, 4.69) is 39.2 Å². The van der Waals surface area contributed by atoms with E-state index in [9.17, 15) is 14.9 Å². The van der Waals surface area contributed by atoms with Crippen molar-refractivity contribution >= 4 is 25.8 Å². The number of carbonyl (C=O) groups excluding carboxylic acids is 1. The van der Waals surface area contributed by atoms with E-state index >= 15 is 0 Å². The molecule has 0 aliphatic carbocycles. The van der Waals surface area contributed by atoms with Crippen molar-refractivity contribution in [2.24, 2.45) is 0 Å². The number of rotatable bonds is 7. The molecule has 0 aliphatic rings. The van der Waals surface area contributed by atoms with Crippen LogP contribution in [0.25, 0.3) is 0 Å². The molecule has 0 spiro atoms. The molecule has 2 rings (SSSR count). The molecule has 1 N–H and O–H groups in total. The molecule has 0 atom stereocenters. The summed E-state index contributed by atoms with van der Waals surface area (Å²) in [5, 5.41) is 13.8. The summed E-state index contributed by atoms with van der Waals surface area (Å²) in [5.74, 6) is 0. The van der Waals surface area contributed by atoms with Crippen LogP contribution in [-0.4, -0.2) is 19.3 Å². The van der Waals surface area contributed by atoms with Gasteiger partial charge in [-0.15, -0.1) is 0 Å². The minimum atomic E-state index is -2.07. The van der Waals surface area contributed by atoms with E-state index in [0.29, 0.717) is 11.3 Å². The van der Waals surface area contributed by atoms with Crippen LogP contribution in [0, 0.1) is 10.1 Å². The molecule has 0 saturated heterocycles.